The van der Waals surface area contributed by atoms with Crippen molar-refractivity contribution in [3.63, 3.8) is 0 Å². The summed E-state index contributed by atoms with van der Waals surface area (Å²) in [6.45, 7) is 6.55. The maximum absolute atomic E-state index is 13.3. The largest absolute Gasteiger partial charge is 0.309 e. The van der Waals surface area contributed by atoms with Crippen LogP contribution in [0.1, 0.15) is 36.5 Å². The van der Waals surface area contributed by atoms with E-state index in [0.717, 1.165) is 27.7 Å². The quantitative estimate of drug-likeness (QED) is 0.638. The number of amides is 1. The molecule has 4 rings (SSSR count). The average Bonchev–Trinajstić information content (AvgIpc) is 3.04. The second-order valence-corrected chi connectivity index (χ2v) is 11.3. The third kappa shape index (κ3) is 3.83. The van der Waals surface area contributed by atoms with Crippen LogP contribution >= 0.6 is 15.9 Å². The molecule has 0 bridgehead atoms. The van der Waals surface area contributed by atoms with Crippen molar-refractivity contribution in [1.82, 2.24) is 4.31 Å². The van der Waals surface area contributed by atoms with Crippen LogP contribution in [0.25, 0.3) is 0 Å². The van der Waals surface area contributed by atoms with Gasteiger partial charge >= 0.3 is 0 Å². The van der Waals surface area contributed by atoms with Crippen LogP contribution < -0.4 is 4.90 Å². The summed E-state index contributed by atoms with van der Waals surface area (Å²) in [6, 6.07) is 11.7. The van der Waals surface area contributed by atoms with Crippen molar-refractivity contribution in [2.75, 3.05) is 18.0 Å². The van der Waals surface area contributed by atoms with E-state index in [1.807, 2.05) is 43.0 Å². The molecule has 2 aromatic rings. The number of aryl methyl sites for hydroxylation is 2. The second-order valence-electron chi connectivity index (χ2n) is 8.48. The van der Waals surface area contributed by atoms with E-state index in [2.05, 4.69) is 28.9 Å². The maximum Gasteiger partial charge on any atom is 0.243 e. The average molecular weight is 491 g/mol. The van der Waals surface area contributed by atoms with E-state index in [1.54, 1.807) is 6.07 Å². The van der Waals surface area contributed by atoms with Gasteiger partial charge in [-0.25, -0.2) is 8.42 Å². The first-order valence-corrected chi connectivity index (χ1v) is 12.6. The fraction of sp³-hybridized carbons (Fsp3) is 0.435. The molecule has 1 saturated heterocycles. The van der Waals surface area contributed by atoms with E-state index in [9.17, 15) is 13.2 Å². The Morgan fingerprint density at radius 2 is 1.77 bits per heavy atom. The van der Waals surface area contributed by atoms with Crippen molar-refractivity contribution < 1.29 is 13.2 Å². The van der Waals surface area contributed by atoms with Crippen LogP contribution in [0.3, 0.4) is 0 Å². The Morgan fingerprint density at radius 3 is 2.47 bits per heavy atom. The highest BCUT2D eigenvalue weighted by atomic mass is 79.9. The Hall–Kier alpha value is -1.70. The lowest BCUT2D eigenvalue weighted by atomic mass is 9.96. The SMILES string of the molecule is Cc1ccc(C)c(S(=O)(=O)N2CCC(C(=O)N3c4ccc(Br)cc4C[C@@H]3C)CC2)c1. The van der Waals surface area contributed by atoms with Gasteiger partial charge in [-0.15, -0.1) is 0 Å². The van der Waals surface area contributed by atoms with Crippen molar-refractivity contribution in [3.05, 3.63) is 57.6 Å². The fourth-order valence-electron chi connectivity index (χ4n) is 4.60. The number of benzene rings is 2. The molecule has 2 aromatic carbocycles. The molecule has 160 valence electrons. The highest BCUT2D eigenvalue weighted by Gasteiger charge is 2.38. The van der Waals surface area contributed by atoms with E-state index in [1.165, 1.54) is 9.87 Å². The summed E-state index contributed by atoms with van der Waals surface area (Å²) >= 11 is 3.51. The number of anilines is 1. The molecule has 0 N–H and O–H groups in total. The third-order valence-corrected chi connectivity index (χ3v) is 8.79. The van der Waals surface area contributed by atoms with Crippen molar-refractivity contribution >= 4 is 37.5 Å². The van der Waals surface area contributed by atoms with Gasteiger partial charge in [0.15, 0.2) is 0 Å². The lowest BCUT2D eigenvalue weighted by molar-refractivity contribution is -0.123. The van der Waals surface area contributed by atoms with Crippen molar-refractivity contribution in [3.8, 4) is 0 Å². The monoisotopic (exact) mass is 490 g/mol. The molecule has 0 spiro atoms. The van der Waals surface area contributed by atoms with E-state index in [0.29, 0.717) is 30.8 Å². The minimum Gasteiger partial charge on any atom is -0.309 e. The summed E-state index contributed by atoms with van der Waals surface area (Å²) in [6.07, 6.45) is 1.95. The first kappa shape index (κ1) is 21.5. The van der Waals surface area contributed by atoms with Crippen molar-refractivity contribution in [1.29, 1.82) is 0 Å². The van der Waals surface area contributed by atoms with Crippen LogP contribution in [0.15, 0.2) is 45.8 Å². The number of hydrogen-bond donors (Lipinski definition) is 0. The molecule has 0 aromatic heterocycles. The molecule has 2 aliphatic rings. The van der Waals surface area contributed by atoms with Gasteiger partial charge in [0, 0.05) is 35.2 Å². The molecule has 0 unspecified atom stereocenters. The molecular formula is C23H27BrN2O3S. The molecule has 30 heavy (non-hydrogen) atoms. The zero-order valence-corrected chi connectivity index (χ0v) is 20.0. The topological polar surface area (TPSA) is 57.7 Å². The molecule has 5 nitrogen and oxygen atoms in total. The standard InChI is InChI=1S/C23H27BrN2O3S/c1-15-4-5-16(2)22(12-15)30(28,29)25-10-8-18(9-11-25)23(27)26-17(3)13-19-14-20(24)6-7-21(19)26/h4-7,12,14,17-18H,8-11,13H2,1-3H3/t17-/m0/s1. The fourth-order valence-corrected chi connectivity index (χ4v) is 6.79. The van der Waals surface area contributed by atoms with Gasteiger partial charge < -0.3 is 4.90 Å². The van der Waals surface area contributed by atoms with E-state index >= 15 is 0 Å². The van der Waals surface area contributed by atoms with Crippen LogP contribution in [-0.2, 0) is 21.2 Å². The summed E-state index contributed by atoms with van der Waals surface area (Å²) in [4.78, 5) is 15.6. The second kappa shape index (κ2) is 8.09. The minimum atomic E-state index is -3.54. The van der Waals surface area contributed by atoms with Gasteiger partial charge in [-0.2, -0.15) is 4.31 Å². The molecule has 7 heteroatoms. The highest BCUT2D eigenvalue weighted by Crippen LogP contribution is 2.37. The lowest BCUT2D eigenvalue weighted by Crippen LogP contribution is -2.46. The number of hydrogen-bond acceptors (Lipinski definition) is 3. The number of fused-ring (bicyclic) bond motifs is 1. The molecule has 0 aliphatic carbocycles. The number of carbonyl (C=O) groups excluding carboxylic acids is 1. The van der Waals surface area contributed by atoms with Gasteiger partial charge in [0.1, 0.15) is 0 Å². The van der Waals surface area contributed by atoms with Gasteiger partial charge in [-0.3, -0.25) is 4.79 Å². The Kier molecular flexibility index (Phi) is 5.81. The van der Waals surface area contributed by atoms with Crippen LogP contribution in [0.4, 0.5) is 5.69 Å². The Bertz CT molecular complexity index is 1090. The predicted octanol–water partition coefficient (Wildman–Crippen LogP) is 4.44. The number of piperidine rings is 1. The third-order valence-electron chi connectivity index (χ3n) is 6.26. The molecule has 1 fully saturated rings. The predicted molar refractivity (Wildman–Crippen MR) is 122 cm³/mol. The first-order valence-electron chi connectivity index (χ1n) is 10.4. The molecular weight excluding hydrogens is 464 g/mol. The van der Waals surface area contributed by atoms with Crippen LogP contribution in [0.2, 0.25) is 0 Å². The summed E-state index contributed by atoms with van der Waals surface area (Å²) in [5.74, 6) is -0.0283. The summed E-state index contributed by atoms with van der Waals surface area (Å²) < 4.78 is 28.9. The summed E-state index contributed by atoms with van der Waals surface area (Å²) in [5.41, 5.74) is 3.85. The summed E-state index contributed by atoms with van der Waals surface area (Å²) in [5, 5.41) is 0. The first-order chi connectivity index (χ1) is 14.2. The molecule has 0 saturated carbocycles. The van der Waals surface area contributed by atoms with Gasteiger partial charge in [0.2, 0.25) is 15.9 Å². The van der Waals surface area contributed by atoms with Crippen molar-refractivity contribution in [2.45, 2.75) is 51.0 Å². The smallest absolute Gasteiger partial charge is 0.243 e. The number of sulfonamides is 1. The molecule has 0 radical (unpaired) electrons. The lowest BCUT2D eigenvalue weighted by Gasteiger charge is -2.34. The van der Waals surface area contributed by atoms with E-state index in [4.69, 9.17) is 0 Å². The number of rotatable bonds is 3. The zero-order chi connectivity index (χ0) is 21.6. The molecule has 2 heterocycles. The Labute approximate surface area is 187 Å². The Morgan fingerprint density at radius 1 is 1.07 bits per heavy atom. The van der Waals surface area contributed by atoms with Gasteiger partial charge in [-0.05, 0) is 81.0 Å². The van der Waals surface area contributed by atoms with Crippen LogP contribution in [0, 0.1) is 19.8 Å². The normalized spacial score (nSPS) is 20.4. The zero-order valence-electron chi connectivity index (χ0n) is 17.6. The molecule has 2 aliphatic heterocycles. The number of carbonyl (C=O) groups is 1. The van der Waals surface area contributed by atoms with Crippen LogP contribution in [-0.4, -0.2) is 37.8 Å². The van der Waals surface area contributed by atoms with Gasteiger partial charge in [0.25, 0.3) is 0 Å². The summed E-state index contributed by atoms with van der Waals surface area (Å²) in [7, 11) is -3.54. The van der Waals surface area contributed by atoms with Crippen LogP contribution in [0.5, 0.6) is 0 Å². The number of halogens is 1. The van der Waals surface area contributed by atoms with Gasteiger partial charge in [0.05, 0.1) is 4.90 Å². The number of nitrogens with zero attached hydrogens (tertiary/aromatic N) is 2. The van der Waals surface area contributed by atoms with E-state index in [-0.39, 0.29) is 17.9 Å². The maximum atomic E-state index is 13.3. The molecule has 1 amide bonds. The van der Waals surface area contributed by atoms with Crippen molar-refractivity contribution in [2.24, 2.45) is 5.92 Å². The van der Waals surface area contributed by atoms with Gasteiger partial charge in [-0.1, -0.05) is 28.1 Å². The minimum absolute atomic E-state index is 0.118. The van der Waals surface area contributed by atoms with E-state index < -0.39 is 10.0 Å². The molecule has 1 atom stereocenters. The Balaban J connectivity index is 1.49. The highest BCUT2D eigenvalue weighted by molar-refractivity contribution is 9.10.